The van der Waals surface area contributed by atoms with Crippen molar-refractivity contribution < 1.29 is 14.4 Å². The van der Waals surface area contributed by atoms with Gasteiger partial charge in [-0.3, -0.25) is 14.4 Å². The van der Waals surface area contributed by atoms with E-state index in [0.717, 1.165) is 16.8 Å². The highest BCUT2D eigenvalue weighted by Gasteiger charge is 2.08. The molecule has 0 aromatic heterocycles. The van der Waals surface area contributed by atoms with Crippen LogP contribution >= 0.6 is 0 Å². The maximum atomic E-state index is 11.8. The lowest BCUT2D eigenvalue weighted by Gasteiger charge is -2.09. The molecule has 0 bridgehead atoms. The molecule has 0 aliphatic carbocycles. The monoisotopic (exact) mass is 318 g/mol. The maximum absolute atomic E-state index is 11.8. The first kappa shape index (κ1) is 18.3. The summed E-state index contributed by atoms with van der Waals surface area (Å²) >= 11 is 0. The van der Waals surface area contributed by atoms with Gasteiger partial charge < -0.3 is 11.1 Å². The molecule has 1 rings (SSSR count). The Morgan fingerprint density at radius 3 is 2.39 bits per heavy atom. The number of aryl methyl sites for hydroxylation is 2. The van der Waals surface area contributed by atoms with Crippen LogP contribution < -0.4 is 16.5 Å². The Labute approximate surface area is 135 Å². The Morgan fingerprint density at radius 2 is 1.78 bits per heavy atom. The van der Waals surface area contributed by atoms with Gasteiger partial charge >= 0.3 is 0 Å². The Hall–Kier alpha value is -2.70. The predicted molar refractivity (Wildman–Crippen MR) is 88.8 cm³/mol. The summed E-state index contributed by atoms with van der Waals surface area (Å²) in [5.74, 6) is -1.16. The van der Waals surface area contributed by atoms with Crippen molar-refractivity contribution in [1.82, 2.24) is 5.43 Å². The van der Waals surface area contributed by atoms with Gasteiger partial charge in [0, 0.05) is 24.2 Å². The topological polar surface area (TPSA) is 114 Å². The van der Waals surface area contributed by atoms with Crippen LogP contribution in [0.15, 0.2) is 23.3 Å². The maximum Gasteiger partial charge on any atom is 0.240 e. The van der Waals surface area contributed by atoms with E-state index in [-0.39, 0.29) is 25.2 Å². The number of primary amides is 1. The molecule has 124 valence electrons. The first-order valence-electron chi connectivity index (χ1n) is 7.25. The molecule has 0 aliphatic rings. The summed E-state index contributed by atoms with van der Waals surface area (Å²) in [6, 6.07) is 5.71. The highest BCUT2D eigenvalue weighted by atomic mass is 16.2. The molecule has 1 aromatic carbocycles. The summed E-state index contributed by atoms with van der Waals surface area (Å²) in [5, 5.41) is 6.50. The van der Waals surface area contributed by atoms with E-state index in [9.17, 15) is 14.4 Å². The Kier molecular flexibility index (Phi) is 6.92. The summed E-state index contributed by atoms with van der Waals surface area (Å²) in [7, 11) is 0. The molecule has 0 saturated heterocycles. The SMILES string of the molecule is CC(CC(N)=O)=NNC(=O)CCC(=O)Nc1ccc(C)cc1C. The van der Waals surface area contributed by atoms with Crippen LogP contribution in [0, 0.1) is 13.8 Å². The van der Waals surface area contributed by atoms with Gasteiger partial charge in [-0.05, 0) is 32.4 Å². The lowest BCUT2D eigenvalue weighted by molar-refractivity contribution is -0.124. The zero-order valence-electron chi connectivity index (χ0n) is 13.6. The van der Waals surface area contributed by atoms with Crippen LogP contribution in [0.3, 0.4) is 0 Å². The van der Waals surface area contributed by atoms with E-state index in [2.05, 4.69) is 15.8 Å². The first-order valence-corrected chi connectivity index (χ1v) is 7.25. The second-order valence-corrected chi connectivity index (χ2v) is 5.39. The number of benzene rings is 1. The van der Waals surface area contributed by atoms with Crippen LogP contribution in [0.25, 0.3) is 0 Å². The summed E-state index contributed by atoms with van der Waals surface area (Å²) in [6.45, 7) is 5.47. The molecule has 23 heavy (non-hydrogen) atoms. The number of amides is 3. The van der Waals surface area contributed by atoms with Crippen molar-refractivity contribution in [2.45, 2.75) is 40.0 Å². The second kappa shape index (κ2) is 8.67. The van der Waals surface area contributed by atoms with Crippen molar-refractivity contribution in [3.05, 3.63) is 29.3 Å². The number of hydrazone groups is 1. The number of anilines is 1. The minimum atomic E-state index is -0.520. The molecule has 7 nitrogen and oxygen atoms in total. The highest BCUT2D eigenvalue weighted by molar-refractivity contribution is 5.99. The van der Waals surface area contributed by atoms with Crippen LogP contribution in [0.2, 0.25) is 0 Å². The minimum Gasteiger partial charge on any atom is -0.369 e. The molecule has 4 N–H and O–H groups in total. The van der Waals surface area contributed by atoms with Crippen LogP contribution in [-0.4, -0.2) is 23.4 Å². The van der Waals surface area contributed by atoms with Gasteiger partial charge in [-0.2, -0.15) is 5.10 Å². The van der Waals surface area contributed by atoms with Gasteiger partial charge in [-0.1, -0.05) is 17.7 Å². The Morgan fingerprint density at radius 1 is 1.13 bits per heavy atom. The van der Waals surface area contributed by atoms with Crippen molar-refractivity contribution >= 4 is 29.1 Å². The highest BCUT2D eigenvalue weighted by Crippen LogP contribution is 2.16. The average molecular weight is 318 g/mol. The van der Waals surface area contributed by atoms with E-state index in [1.165, 1.54) is 0 Å². The zero-order valence-corrected chi connectivity index (χ0v) is 13.6. The summed E-state index contributed by atoms with van der Waals surface area (Å²) in [5.41, 5.74) is 10.5. The molecule has 0 spiro atoms. The van der Waals surface area contributed by atoms with E-state index in [4.69, 9.17) is 5.73 Å². The number of hydrogen-bond donors (Lipinski definition) is 3. The molecular weight excluding hydrogens is 296 g/mol. The number of hydrogen-bond acceptors (Lipinski definition) is 4. The van der Waals surface area contributed by atoms with Gasteiger partial charge in [0.1, 0.15) is 0 Å². The van der Waals surface area contributed by atoms with Crippen LogP contribution in [0.1, 0.15) is 37.3 Å². The van der Waals surface area contributed by atoms with Crippen molar-refractivity contribution in [2.75, 3.05) is 5.32 Å². The number of nitrogens with zero attached hydrogens (tertiary/aromatic N) is 1. The minimum absolute atomic E-state index is 0.00406. The molecule has 0 aliphatic heterocycles. The fourth-order valence-electron chi connectivity index (χ4n) is 1.90. The molecule has 0 saturated carbocycles. The molecule has 1 aromatic rings. The molecular formula is C16H22N4O3. The quantitative estimate of drug-likeness (QED) is 0.521. The van der Waals surface area contributed by atoms with Gasteiger partial charge in [-0.15, -0.1) is 0 Å². The van der Waals surface area contributed by atoms with Crippen molar-refractivity contribution in [3.8, 4) is 0 Å². The Bertz CT molecular complexity index is 638. The van der Waals surface area contributed by atoms with Crippen molar-refractivity contribution in [1.29, 1.82) is 0 Å². The number of carbonyl (C=O) groups is 3. The van der Waals surface area contributed by atoms with Gasteiger partial charge in [0.25, 0.3) is 0 Å². The molecule has 7 heteroatoms. The predicted octanol–water partition coefficient (Wildman–Crippen LogP) is 1.39. The fraction of sp³-hybridized carbons (Fsp3) is 0.375. The van der Waals surface area contributed by atoms with Gasteiger partial charge in [-0.25, -0.2) is 5.43 Å². The molecule has 0 radical (unpaired) electrons. The first-order chi connectivity index (χ1) is 10.8. The molecule has 0 heterocycles. The van der Waals surface area contributed by atoms with Gasteiger partial charge in [0.05, 0.1) is 6.42 Å². The van der Waals surface area contributed by atoms with E-state index in [1.807, 2.05) is 32.0 Å². The summed E-state index contributed by atoms with van der Waals surface area (Å²) < 4.78 is 0. The molecule has 0 fully saturated rings. The average Bonchev–Trinajstić information content (AvgIpc) is 2.45. The number of rotatable bonds is 7. The number of nitrogens with one attached hydrogen (secondary N) is 2. The number of carbonyl (C=O) groups excluding carboxylic acids is 3. The van der Waals surface area contributed by atoms with Crippen molar-refractivity contribution in [2.24, 2.45) is 10.8 Å². The standard InChI is InChI=1S/C16H22N4O3/c1-10-4-5-13(11(2)8-10)18-15(22)6-7-16(23)20-19-12(3)9-14(17)21/h4-5,8H,6-7,9H2,1-3H3,(H2,17,21)(H,18,22)(H,20,23). The van der Waals surface area contributed by atoms with Crippen molar-refractivity contribution in [3.63, 3.8) is 0 Å². The second-order valence-electron chi connectivity index (χ2n) is 5.39. The van der Waals surface area contributed by atoms with E-state index >= 15 is 0 Å². The number of nitrogens with two attached hydrogens (primary N) is 1. The molecule has 3 amide bonds. The lowest BCUT2D eigenvalue weighted by atomic mass is 10.1. The van der Waals surface area contributed by atoms with E-state index in [1.54, 1.807) is 6.92 Å². The van der Waals surface area contributed by atoms with Crippen LogP contribution in [0.4, 0.5) is 5.69 Å². The summed E-state index contributed by atoms with van der Waals surface area (Å²) in [4.78, 5) is 34.1. The third-order valence-corrected chi connectivity index (χ3v) is 3.04. The van der Waals surface area contributed by atoms with Gasteiger partial charge in [0.2, 0.25) is 17.7 Å². The fourth-order valence-corrected chi connectivity index (χ4v) is 1.90. The molecule has 0 atom stereocenters. The third-order valence-electron chi connectivity index (χ3n) is 3.04. The Balaban J connectivity index is 2.41. The smallest absolute Gasteiger partial charge is 0.240 e. The van der Waals surface area contributed by atoms with Crippen LogP contribution in [0.5, 0.6) is 0 Å². The normalized spacial score (nSPS) is 11.0. The van der Waals surface area contributed by atoms with E-state index in [0.29, 0.717) is 5.71 Å². The van der Waals surface area contributed by atoms with Gasteiger partial charge in [0.15, 0.2) is 0 Å². The third kappa shape index (κ3) is 7.21. The van der Waals surface area contributed by atoms with Crippen LogP contribution in [-0.2, 0) is 14.4 Å². The summed E-state index contributed by atoms with van der Waals surface area (Å²) in [6.07, 6.45) is 0.0289. The van der Waals surface area contributed by atoms with E-state index < -0.39 is 11.8 Å². The lowest BCUT2D eigenvalue weighted by Crippen LogP contribution is -2.23. The largest absolute Gasteiger partial charge is 0.369 e. The zero-order chi connectivity index (χ0) is 17.4. The molecule has 0 unspecified atom stereocenters.